The molecule has 9 heteroatoms. The van der Waals surface area contributed by atoms with Crippen LogP contribution in [-0.2, 0) is 7.05 Å². The van der Waals surface area contributed by atoms with E-state index in [-0.39, 0.29) is 4.60 Å². The van der Waals surface area contributed by atoms with Gasteiger partial charge in [0.25, 0.3) is 0 Å². The first-order chi connectivity index (χ1) is 5.95. The third-order valence-corrected chi connectivity index (χ3v) is 2.18. The maximum atomic E-state index is 10.4. The maximum absolute atomic E-state index is 10.4. The first kappa shape index (κ1) is 9.58. The van der Waals surface area contributed by atoms with Crippen molar-refractivity contribution in [1.82, 2.24) is 9.78 Å². The highest BCUT2D eigenvalue weighted by molar-refractivity contribution is 9.10. The summed E-state index contributed by atoms with van der Waals surface area (Å²) in [5, 5.41) is 24.0. The quantitative estimate of drug-likeness (QED) is 0.575. The molecule has 0 bridgehead atoms. The van der Waals surface area contributed by atoms with Gasteiger partial charge in [0.2, 0.25) is 4.60 Å². The van der Waals surface area contributed by atoms with Gasteiger partial charge in [0.15, 0.2) is 0 Å². The van der Waals surface area contributed by atoms with Crippen molar-refractivity contribution in [3.63, 3.8) is 0 Å². The van der Waals surface area contributed by atoms with Gasteiger partial charge in [-0.05, 0) is 20.9 Å². The first-order valence-electron chi connectivity index (χ1n) is 2.96. The van der Waals surface area contributed by atoms with E-state index in [2.05, 4.69) is 21.0 Å². The van der Waals surface area contributed by atoms with Crippen molar-refractivity contribution in [3.05, 3.63) is 24.8 Å². The van der Waals surface area contributed by atoms with E-state index in [0.717, 1.165) is 4.68 Å². The number of aryl methyl sites for hydroxylation is 1. The SMILES string of the molecule is Cn1nc([N+](=O)[O-])c([N+](=O)[O-])c1Br. The molecule has 1 rings (SSSR count). The molecule has 0 aliphatic carbocycles. The number of nitro groups is 2. The van der Waals surface area contributed by atoms with Crippen LogP contribution in [0.5, 0.6) is 0 Å². The smallest absolute Gasteiger partial charge is 0.358 e. The van der Waals surface area contributed by atoms with Gasteiger partial charge in [-0.25, -0.2) is 0 Å². The zero-order valence-corrected chi connectivity index (χ0v) is 7.89. The van der Waals surface area contributed by atoms with Crippen molar-refractivity contribution in [2.75, 3.05) is 0 Å². The fraction of sp³-hybridized carbons (Fsp3) is 0.250. The zero-order chi connectivity index (χ0) is 10.2. The molecule has 70 valence electrons. The predicted octanol–water partition coefficient (Wildman–Crippen LogP) is 0.999. The van der Waals surface area contributed by atoms with Crippen LogP contribution in [0.2, 0.25) is 0 Å². The molecule has 0 aliphatic rings. The summed E-state index contributed by atoms with van der Waals surface area (Å²) in [5.74, 6) is -0.764. The third-order valence-electron chi connectivity index (χ3n) is 1.29. The van der Waals surface area contributed by atoms with Crippen molar-refractivity contribution >= 4 is 27.4 Å². The minimum Gasteiger partial charge on any atom is -0.358 e. The summed E-state index contributed by atoms with van der Waals surface area (Å²) in [7, 11) is 1.37. The molecule has 0 N–H and O–H groups in total. The average molecular weight is 251 g/mol. The molecular formula is C4H3BrN4O4. The monoisotopic (exact) mass is 250 g/mol. The Morgan fingerprint density at radius 1 is 1.38 bits per heavy atom. The Morgan fingerprint density at radius 2 is 1.92 bits per heavy atom. The van der Waals surface area contributed by atoms with Gasteiger partial charge in [-0.3, -0.25) is 10.1 Å². The molecule has 0 spiro atoms. The Labute approximate surface area is 79.6 Å². The summed E-state index contributed by atoms with van der Waals surface area (Å²) in [6.45, 7) is 0. The molecule has 0 atom stereocenters. The van der Waals surface area contributed by atoms with Crippen molar-refractivity contribution in [2.45, 2.75) is 0 Å². The van der Waals surface area contributed by atoms with E-state index in [4.69, 9.17) is 0 Å². The van der Waals surface area contributed by atoms with Crippen LogP contribution in [0, 0.1) is 20.2 Å². The van der Waals surface area contributed by atoms with E-state index >= 15 is 0 Å². The molecule has 1 heterocycles. The van der Waals surface area contributed by atoms with Gasteiger partial charge in [-0.1, -0.05) is 0 Å². The summed E-state index contributed by atoms with van der Waals surface area (Å²) in [4.78, 5) is 18.9. The summed E-state index contributed by atoms with van der Waals surface area (Å²) in [6, 6.07) is 0. The Morgan fingerprint density at radius 3 is 2.23 bits per heavy atom. The lowest BCUT2D eigenvalue weighted by atomic mass is 10.5. The molecule has 1 aromatic rings. The number of nitrogens with zero attached hydrogens (tertiary/aromatic N) is 4. The molecule has 0 amide bonds. The Hall–Kier alpha value is -1.51. The molecule has 8 nitrogen and oxygen atoms in total. The predicted molar refractivity (Wildman–Crippen MR) is 44.2 cm³/mol. The fourth-order valence-electron chi connectivity index (χ4n) is 0.759. The highest BCUT2D eigenvalue weighted by Gasteiger charge is 2.35. The van der Waals surface area contributed by atoms with Gasteiger partial charge in [-0.2, -0.15) is 4.68 Å². The van der Waals surface area contributed by atoms with Gasteiger partial charge in [-0.15, -0.1) is 0 Å². The topological polar surface area (TPSA) is 104 Å². The molecule has 0 fully saturated rings. The third kappa shape index (κ3) is 1.49. The van der Waals surface area contributed by atoms with Gasteiger partial charge >= 0.3 is 11.5 Å². The Kier molecular flexibility index (Phi) is 2.28. The molecule has 0 saturated carbocycles. The molecule has 0 radical (unpaired) electrons. The molecule has 0 saturated heterocycles. The Bertz CT molecular complexity index is 386. The highest BCUT2D eigenvalue weighted by Crippen LogP contribution is 2.32. The van der Waals surface area contributed by atoms with E-state index in [1.54, 1.807) is 0 Å². The van der Waals surface area contributed by atoms with Crippen LogP contribution >= 0.6 is 15.9 Å². The molecule has 0 aromatic carbocycles. The number of rotatable bonds is 2. The fourth-order valence-corrected chi connectivity index (χ4v) is 1.16. The summed E-state index contributed by atoms with van der Waals surface area (Å²) in [5.41, 5.74) is -0.632. The van der Waals surface area contributed by atoms with Crippen LogP contribution in [0.1, 0.15) is 0 Å². The normalized spacial score (nSPS) is 10.0. The minimum absolute atomic E-state index is 0.0239. The van der Waals surface area contributed by atoms with Crippen LogP contribution in [0.25, 0.3) is 0 Å². The number of hydrogen-bond donors (Lipinski definition) is 0. The van der Waals surface area contributed by atoms with E-state index in [9.17, 15) is 20.2 Å². The van der Waals surface area contributed by atoms with Crippen LogP contribution in [-0.4, -0.2) is 19.6 Å². The van der Waals surface area contributed by atoms with Crippen LogP contribution in [0.4, 0.5) is 11.5 Å². The first-order valence-corrected chi connectivity index (χ1v) is 3.75. The lowest BCUT2D eigenvalue weighted by Crippen LogP contribution is -1.94. The minimum atomic E-state index is -0.900. The average Bonchev–Trinajstić information content (AvgIpc) is 2.28. The summed E-state index contributed by atoms with van der Waals surface area (Å²) < 4.78 is 1.00. The second kappa shape index (κ2) is 3.09. The zero-order valence-electron chi connectivity index (χ0n) is 6.30. The van der Waals surface area contributed by atoms with E-state index < -0.39 is 21.4 Å². The van der Waals surface area contributed by atoms with E-state index in [1.165, 1.54) is 7.05 Å². The second-order valence-electron chi connectivity index (χ2n) is 2.10. The van der Waals surface area contributed by atoms with Crippen molar-refractivity contribution < 1.29 is 9.85 Å². The largest absolute Gasteiger partial charge is 0.469 e. The second-order valence-corrected chi connectivity index (χ2v) is 2.85. The number of halogens is 1. The summed E-state index contributed by atoms with van der Waals surface area (Å²) in [6.07, 6.45) is 0. The lowest BCUT2D eigenvalue weighted by molar-refractivity contribution is -0.425. The van der Waals surface area contributed by atoms with Crippen LogP contribution in [0.3, 0.4) is 0 Å². The molecule has 13 heavy (non-hydrogen) atoms. The standard InChI is InChI=1S/C4H3BrN4O4/c1-7-3(5)2(8(10)11)4(6-7)9(12)13/h1H3. The molecular weight excluding hydrogens is 248 g/mol. The van der Waals surface area contributed by atoms with Crippen LogP contribution < -0.4 is 0 Å². The van der Waals surface area contributed by atoms with E-state index in [1.807, 2.05) is 0 Å². The van der Waals surface area contributed by atoms with Crippen LogP contribution in [0.15, 0.2) is 4.60 Å². The van der Waals surface area contributed by atoms with Gasteiger partial charge in [0.05, 0.1) is 17.1 Å². The van der Waals surface area contributed by atoms with Gasteiger partial charge in [0, 0.05) is 0 Å². The van der Waals surface area contributed by atoms with Gasteiger partial charge < -0.3 is 10.1 Å². The summed E-state index contributed by atoms with van der Waals surface area (Å²) >= 11 is 2.82. The maximum Gasteiger partial charge on any atom is 0.469 e. The van der Waals surface area contributed by atoms with Crippen molar-refractivity contribution in [1.29, 1.82) is 0 Å². The lowest BCUT2D eigenvalue weighted by Gasteiger charge is -1.87. The Balaban J connectivity index is 3.44. The highest BCUT2D eigenvalue weighted by atomic mass is 79.9. The van der Waals surface area contributed by atoms with Crippen molar-refractivity contribution in [2.24, 2.45) is 7.05 Å². The van der Waals surface area contributed by atoms with Crippen molar-refractivity contribution in [3.8, 4) is 0 Å². The molecule has 1 aromatic heterocycles. The molecule has 0 unspecified atom stereocenters. The number of hydrogen-bond acceptors (Lipinski definition) is 5. The van der Waals surface area contributed by atoms with E-state index in [0.29, 0.717) is 0 Å². The number of aromatic nitrogens is 2. The molecule has 0 aliphatic heterocycles. The van der Waals surface area contributed by atoms with Gasteiger partial charge in [0.1, 0.15) is 0 Å².